The summed E-state index contributed by atoms with van der Waals surface area (Å²) in [7, 11) is 0. The van der Waals surface area contributed by atoms with Crippen LogP contribution in [0.15, 0.2) is 48.5 Å². The molecule has 5 rings (SSSR count). The number of halogens is 1. The van der Waals surface area contributed by atoms with E-state index in [2.05, 4.69) is 39.0 Å². The van der Waals surface area contributed by atoms with E-state index in [1.807, 2.05) is 11.0 Å². The highest BCUT2D eigenvalue weighted by molar-refractivity contribution is 7.22. The SMILES string of the molecule is O=C(C1CN(c2nc3ccc(F)cc3s2)C1)N1CCN(CCc2ccccc2)CC1. The van der Waals surface area contributed by atoms with E-state index in [0.29, 0.717) is 13.1 Å². The van der Waals surface area contributed by atoms with Crippen molar-refractivity contribution < 1.29 is 9.18 Å². The van der Waals surface area contributed by atoms with Crippen LogP contribution in [0.25, 0.3) is 10.2 Å². The summed E-state index contributed by atoms with van der Waals surface area (Å²) in [5.41, 5.74) is 2.18. The fourth-order valence-electron chi connectivity index (χ4n) is 4.19. The minimum atomic E-state index is -0.239. The van der Waals surface area contributed by atoms with Crippen molar-refractivity contribution in [2.24, 2.45) is 5.92 Å². The summed E-state index contributed by atoms with van der Waals surface area (Å²) in [5.74, 6) is 0.0722. The number of thiazole rings is 1. The van der Waals surface area contributed by atoms with Gasteiger partial charge in [0.15, 0.2) is 5.13 Å². The van der Waals surface area contributed by atoms with Gasteiger partial charge < -0.3 is 9.80 Å². The Balaban J connectivity index is 1.09. The van der Waals surface area contributed by atoms with Crippen molar-refractivity contribution in [3.63, 3.8) is 0 Å². The van der Waals surface area contributed by atoms with Gasteiger partial charge in [0.2, 0.25) is 5.91 Å². The summed E-state index contributed by atoms with van der Waals surface area (Å²) < 4.78 is 14.2. The molecule has 1 amide bonds. The van der Waals surface area contributed by atoms with Gasteiger partial charge in [0.25, 0.3) is 0 Å². The van der Waals surface area contributed by atoms with Crippen molar-refractivity contribution in [2.75, 3.05) is 50.7 Å². The number of piperazine rings is 1. The molecular weight excluding hydrogens is 399 g/mol. The number of nitrogens with zero attached hydrogens (tertiary/aromatic N) is 4. The Morgan fingerprint density at radius 3 is 2.60 bits per heavy atom. The lowest BCUT2D eigenvalue weighted by molar-refractivity contribution is -0.138. The maximum Gasteiger partial charge on any atom is 0.229 e. The van der Waals surface area contributed by atoms with Gasteiger partial charge in [-0.05, 0) is 30.2 Å². The lowest BCUT2D eigenvalue weighted by atomic mass is 9.99. The largest absolute Gasteiger partial charge is 0.346 e. The molecule has 5 nitrogen and oxygen atoms in total. The minimum absolute atomic E-state index is 0.0459. The van der Waals surface area contributed by atoms with Gasteiger partial charge in [-0.25, -0.2) is 9.37 Å². The molecule has 0 unspecified atom stereocenters. The Kier molecular flexibility index (Phi) is 5.39. The van der Waals surface area contributed by atoms with Gasteiger partial charge in [-0.1, -0.05) is 41.7 Å². The van der Waals surface area contributed by atoms with Crippen LogP contribution in [0.2, 0.25) is 0 Å². The lowest BCUT2D eigenvalue weighted by Gasteiger charge is -2.42. The topological polar surface area (TPSA) is 39.7 Å². The van der Waals surface area contributed by atoms with Crippen LogP contribution in [-0.2, 0) is 11.2 Å². The molecule has 1 aromatic heterocycles. The molecule has 2 aliphatic heterocycles. The van der Waals surface area contributed by atoms with Crippen LogP contribution in [0.4, 0.5) is 9.52 Å². The third-order valence-electron chi connectivity index (χ3n) is 6.08. The zero-order chi connectivity index (χ0) is 20.5. The van der Waals surface area contributed by atoms with Crippen LogP contribution in [-0.4, -0.2) is 66.5 Å². The van der Waals surface area contributed by atoms with Crippen LogP contribution in [0.1, 0.15) is 5.56 Å². The predicted molar refractivity (Wildman–Crippen MR) is 118 cm³/mol. The molecule has 3 heterocycles. The van der Waals surface area contributed by atoms with Crippen molar-refractivity contribution in [3.05, 3.63) is 59.9 Å². The van der Waals surface area contributed by atoms with Crippen LogP contribution in [0.3, 0.4) is 0 Å². The van der Waals surface area contributed by atoms with Gasteiger partial charge in [0.1, 0.15) is 5.82 Å². The van der Waals surface area contributed by atoms with E-state index >= 15 is 0 Å². The second-order valence-electron chi connectivity index (χ2n) is 8.11. The Morgan fingerprint density at radius 1 is 1.07 bits per heavy atom. The Bertz CT molecular complexity index is 1030. The second-order valence-corrected chi connectivity index (χ2v) is 9.12. The molecule has 156 valence electrons. The molecule has 2 fully saturated rings. The first kappa shape index (κ1) is 19.5. The number of hydrogen-bond acceptors (Lipinski definition) is 5. The minimum Gasteiger partial charge on any atom is -0.346 e. The molecule has 2 aliphatic rings. The number of fused-ring (bicyclic) bond motifs is 1. The summed E-state index contributed by atoms with van der Waals surface area (Å²) in [6.07, 6.45) is 1.05. The highest BCUT2D eigenvalue weighted by Crippen LogP contribution is 2.33. The average Bonchev–Trinajstić information content (AvgIpc) is 3.14. The number of benzene rings is 2. The van der Waals surface area contributed by atoms with Gasteiger partial charge in [0.05, 0.1) is 16.1 Å². The fraction of sp³-hybridized carbons (Fsp3) is 0.391. The molecule has 0 radical (unpaired) electrons. The molecule has 0 N–H and O–H groups in total. The molecule has 0 aliphatic carbocycles. The molecule has 2 saturated heterocycles. The van der Waals surface area contributed by atoms with Crippen LogP contribution >= 0.6 is 11.3 Å². The van der Waals surface area contributed by atoms with Gasteiger partial charge >= 0.3 is 0 Å². The number of carbonyl (C=O) groups is 1. The average molecular weight is 425 g/mol. The van der Waals surface area contributed by atoms with E-state index in [4.69, 9.17) is 0 Å². The highest BCUT2D eigenvalue weighted by atomic mass is 32.1. The fourth-order valence-corrected chi connectivity index (χ4v) is 5.20. The first-order valence-electron chi connectivity index (χ1n) is 10.5. The van der Waals surface area contributed by atoms with Crippen LogP contribution in [0, 0.1) is 11.7 Å². The summed E-state index contributed by atoms with van der Waals surface area (Å²) in [4.78, 5) is 24.1. The van der Waals surface area contributed by atoms with Gasteiger partial charge in [-0.15, -0.1) is 0 Å². The van der Waals surface area contributed by atoms with Crippen molar-refractivity contribution in [2.45, 2.75) is 6.42 Å². The van der Waals surface area contributed by atoms with E-state index in [0.717, 1.165) is 54.5 Å². The van der Waals surface area contributed by atoms with E-state index in [-0.39, 0.29) is 17.6 Å². The van der Waals surface area contributed by atoms with Crippen LogP contribution < -0.4 is 4.90 Å². The zero-order valence-corrected chi connectivity index (χ0v) is 17.7. The van der Waals surface area contributed by atoms with Crippen molar-refractivity contribution >= 4 is 32.6 Å². The van der Waals surface area contributed by atoms with Crippen molar-refractivity contribution in [1.29, 1.82) is 0 Å². The van der Waals surface area contributed by atoms with E-state index in [1.54, 1.807) is 6.07 Å². The summed E-state index contributed by atoms with van der Waals surface area (Å²) >= 11 is 1.49. The third-order valence-corrected chi connectivity index (χ3v) is 7.16. The quantitative estimate of drug-likeness (QED) is 0.630. The molecule has 3 aromatic rings. The van der Waals surface area contributed by atoms with Gasteiger partial charge in [0, 0.05) is 45.8 Å². The molecule has 0 bridgehead atoms. The first-order valence-corrected chi connectivity index (χ1v) is 11.3. The predicted octanol–water partition coefficient (Wildman–Crippen LogP) is 3.26. The molecule has 0 spiro atoms. The van der Waals surface area contributed by atoms with Crippen LogP contribution in [0.5, 0.6) is 0 Å². The van der Waals surface area contributed by atoms with Crippen molar-refractivity contribution in [3.8, 4) is 0 Å². The monoisotopic (exact) mass is 424 g/mol. The Morgan fingerprint density at radius 2 is 1.83 bits per heavy atom. The Labute approximate surface area is 179 Å². The number of aromatic nitrogens is 1. The molecule has 0 atom stereocenters. The van der Waals surface area contributed by atoms with E-state index in [1.165, 1.54) is 29.0 Å². The lowest BCUT2D eigenvalue weighted by Crippen LogP contribution is -2.58. The smallest absolute Gasteiger partial charge is 0.229 e. The Hall–Kier alpha value is -2.51. The summed E-state index contributed by atoms with van der Waals surface area (Å²) in [6, 6.07) is 15.2. The maximum absolute atomic E-state index is 13.4. The van der Waals surface area contributed by atoms with Gasteiger partial charge in [-0.2, -0.15) is 0 Å². The summed E-state index contributed by atoms with van der Waals surface area (Å²) in [5, 5.41) is 0.880. The third kappa shape index (κ3) is 4.04. The molecule has 2 aromatic carbocycles. The maximum atomic E-state index is 13.4. The number of hydrogen-bond donors (Lipinski definition) is 0. The molecule has 30 heavy (non-hydrogen) atoms. The van der Waals surface area contributed by atoms with Crippen molar-refractivity contribution in [1.82, 2.24) is 14.8 Å². The summed E-state index contributed by atoms with van der Waals surface area (Å²) in [6.45, 7) is 5.96. The number of amides is 1. The zero-order valence-electron chi connectivity index (χ0n) is 16.8. The standard InChI is InChI=1S/C23H25FN4OS/c24-19-6-7-20-21(14-19)30-23(25-20)28-15-18(16-28)22(29)27-12-10-26(11-13-27)9-8-17-4-2-1-3-5-17/h1-7,14,18H,8-13,15-16H2. The number of carbonyl (C=O) groups excluding carboxylic acids is 1. The molecular formula is C23H25FN4OS. The molecule has 7 heteroatoms. The highest BCUT2D eigenvalue weighted by Gasteiger charge is 2.37. The van der Waals surface area contributed by atoms with Gasteiger partial charge in [-0.3, -0.25) is 9.69 Å². The van der Waals surface area contributed by atoms with E-state index < -0.39 is 0 Å². The number of rotatable bonds is 5. The molecule has 0 saturated carbocycles. The second kappa shape index (κ2) is 8.32. The normalized spacial score (nSPS) is 18.0. The van der Waals surface area contributed by atoms with E-state index in [9.17, 15) is 9.18 Å². The first-order chi connectivity index (χ1) is 14.7. The number of anilines is 1.